The van der Waals surface area contributed by atoms with Gasteiger partial charge in [-0.3, -0.25) is 9.20 Å². The number of benzene rings is 3. The molecule has 0 bridgehead atoms. The minimum Gasteiger partial charge on any atom is -0.493 e. The third-order valence-electron chi connectivity index (χ3n) is 7.58. The first kappa shape index (κ1) is 25.4. The van der Waals surface area contributed by atoms with Gasteiger partial charge in [0.25, 0.3) is 5.56 Å². The summed E-state index contributed by atoms with van der Waals surface area (Å²) >= 11 is 1.42. The second kappa shape index (κ2) is 10.3. The second-order valence-electron chi connectivity index (χ2n) is 10.4. The maximum Gasteiger partial charge on any atom is 0.354 e. The average Bonchev–Trinajstić information content (AvgIpc) is 3.67. The predicted molar refractivity (Wildman–Crippen MR) is 158 cm³/mol. The number of hydrogen-bond acceptors (Lipinski definition) is 4. The molecule has 5 nitrogen and oxygen atoms in total. The van der Waals surface area contributed by atoms with Gasteiger partial charge >= 0.3 is 5.97 Å². The van der Waals surface area contributed by atoms with Crippen LogP contribution in [-0.4, -0.2) is 22.1 Å². The highest BCUT2D eigenvalue weighted by Crippen LogP contribution is 2.47. The van der Waals surface area contributed by atoms with Crippen LogP contribution in [0.3, 0.4) is 0 Å². The first-order valence-corrected chi connectivity index (χ1v) is 14.4. The number of carboxylic acids is 1. The quantitative estimate of drug-likeness (QED) is 0.195. The summed E-state index contributed by atoms with van der Waals surface area (Å²) in [5.41, 5.74) is 4.78. The lowest BCUT2D eigenvalue weighted by Crippen LogP contribution is -2.19. The molecule has 198 valence electrons. The number of rotatable bonds is 9. The molecule has 1 N–H and O–H groups in total. The van der Waals surface area contributed by atoms with Crippen LogP contribution in [0.1, 0.15) is 71.3 Å². The van der Waals surface area contributed by atoms with E-state index in [-0.39, 0.29) is 11.3 Å². The molecule has 0 aliphatic heterocycles. The predicted octanol–water partition coefficient (Wildman–Crippen LogP) is 7.83. The highest BCUT2D eigenvalue weighted by atomic mass is 32.1. The molecule has 6 heteroatoms. The molecule has 1 aliphatic rings. The topological polar surface area (TPSA) is 68.0 Å². The Bertz CT molecular complexity index is 1770. The highest BCUT2D eigenvalue weighted by Gasteiger charge is 2.32. The van der Waals surface area contributed by atoms with Crippen molar-refractivity contribution in [3.8, 4) is 16.2 Å². The minimum atomic E-state index is -1.09. The van der Waals surface area contributed by atoms with Gasteiger partial charge in [0.1, 0.15) is 10.6 Å². The molecule has 0 amide bonds. The lowest BCUT2D eigenvalue weighted by molar-refractivity contribution is 0.0690. The molecule has 0 radical (unpaired) electrons. The number of thiazole rings is 1. The molecule has 0 saturated heterocycles. The van der Waals surface area contributed by atoms with Crippen molar-refractivity contribution < 1.29 is 14.6 Å². The van der Waals surface area contributed by atoms with Crippen LogP contribution in [0.4, 0.5) is 0 Å². The summed E-state index contributed by atoms with van der Waals surface area (Å²) in [6.45, 7) is 4.75. The fourth-order valence-corrected chi connectivity index (χ4v) is 6.88. The van der Waals surface area contributed by atoms with Crippen molar-refractivity contribution in [3.63, 3.8) is 0 Å². The van der Waals surface area contributed by atoms with Gasteiger partial charge < -0.3 is 9.84 Å². The van der Waals surface area contributed by atoms with E-state index in [0.29, 0.717) is 23.8 Å². The number of aromatic carboxylic acids is 1. The fraction of sp³-hybridized carbons (Fsp3) is 0.273. The van der Waals surface area contributed by atoms with Crippen LogP contribution in [-0.2, 0) is 6.42 Å². The van der Waals surface area contributed by atoms with Crippen molar-refractivity contribution in [2.24, 2.45) is 0 Å². The Labute approximate surface area is 231 Å². The minimum absolute atomic E-state index is 0.0395. The van der Waals surface area contributed by atoms with E-state index in [0.717, 1.165) is 58.5 Å². The van der Waals surface area contributed by atoms with Crippen molar-refractivity contribution in [1.29, 1.82) is 0 Å². The second-order valence-corrected chi connectivity index (χ2v) is 11.4. The number of aryl methyl sites for hydroxylation is 1. The third-order valence-corrected chi connectivity index (χ3v) is 8.81. The summed E-state index contributed by atoms with van der Waals surface area (Å²) < 4.78 is 7.35. The Balaban J connectivity index is 1.50. The van der Waals surface area contributed by atoms with E-state index >= 15 is 0 Å². The van der Waals surface area contributed by atoms with Gasteiger partial charge in [0.2, 0.25) is 0 Å². The summed E-state index contributed by atoms with van der Waals surface area (Å²) in [7, 11) is 0. The van der Waals surface area contributed by atoms with Crippen molar-refractivity contribution in [3.05, 3.63) is 105 Å². The van der Waals surface area contributed by atoms with Crippen LogP contribution in [0.5, 0.6) is 5.75 Å². The Morgan fingerprint density at radius 2 is 1.85 bits per heavy atom. The maximum absolute atomic E-state index is 13.6. The highest BCUT2D eigenvalue weighted by molar-refractivity contribution is 7.21. The number of ether oxygens (including phenoxy) is 1. The zero-order chi connectivity index (χ0) is 27.1. The van der Waals surface area contributed by atoms with E-state index in [9.17, 15) is 14.7 Å². The molecule has 1 aliphatic carbocycles. The number of unbranched alkanes of at least 4 members (excludes halogenated alkanes) is 1. The fourth-order valence-electron chi connectivity index (χ4n) is 5.48. The van der Waals surface area contributed by atoms with E-state index in [1.807, 2.05) is 37.3 Å². The largest absolute Gasteiger partial charge is 0.493 e. The Kier molecular flexibility index (Phi) is 6.73. The number of carboxylic acid groups (broad SMARTS) is 1. The molecule has 39 heavy (non-hydrogen) atoms. The molecule has 5 aromatic rings. The van der Waals surface area contributed by atoms with E-state index in [4.69, 9.17) is 4.74 Å². The van der Waals surface area contributed by atoms with Gasteiger partial charge in [-0.25, -0.2) is 4.79 Å². The molecule has 0 unspecified atom stereocenters. The zero-order valence-electron chi connectivity index (χ0n) is 22.2. The standard InChI is InChI=1S/C33H31NO4S/c1-3-4-16-38-27-15-14-24(17-20(27)2)31-30(33(36)37)34-28(35)19-25(29(22-12-13-22)32(34)39-31)18-23-10-7-9-21-8-5-6-11-26(21)23/h5-11,14-15,17,19,22H,3-4,12-13,16,18H2,1-2H3,(H,36,37). The average molecular weight is 538 g/mol. The SMILES string of the molecule is CCCCOc1ccc(-c2sc3c(C4CC4)c(Cc4cccc5ccccc45)cc(=O)n3c2C(=O)O)cc1C. The van der Waals surface area contributed by atoms with E-state index < -0.39 is 5.97 Å². The van der Waals surface area contributed by atoms with Crippen molar-refractivity contribution in [1.82, 2.24) is 4.40 Å². The molecule has 6 rings (SSSR count). The van der Waals surface area contributed by atoms with E-state index in [1.165, 1.54) is 32.1 Å². The lowest BCUT2D eigenvalue weighted by atomic mass is 9.95. The normalized spacial score (nSPS) is 13.3. The smallest absolute Gasteiger partial charge is 0.354 e. The van der Waals surface area contributed by atoms with Crippen LogP contribution in [0.25, 0.3) is 26.0 Å². The van der Waals surface area contributed by atoms with Crippen molar-refractivity contribution in [2.45, 2.75) is 51.9 Å². The van der Waals surface area contributed by atoms with Gasteiger partial charge in [-0.1, -0.05) is 55.8 Å². The number of hydrogen-bond donors (Lipinski definition) is 1. The van der Waals surface area contributed by atoms with Crippen LogP contribution in [0.2, 0.25) is 0 Å². The molecule has 1 saturated carbocycles. The first-order valence-electron chi connectivity index (χ1n) is 13.6. The molecule has 3 aromatic carbocycles. The summed E-state index contributed by atoms with van der Waals surface area (Å²) in [6.07, 6.45) is 4.78. The monoisotopic (exact) mass is 537 g/mol. The summed E-state index contributed by atoms with van der Waals surface area (Å²) in [4.78, 5) is 27.5. The summed E-state index contributed by atoms with van der Waals surface area (Å²) in [5.74, 6) is 0.0519. The number of fused-ring (bicyclic) bond motifs is 2. The van der Waals surface area contributed by atoms with Gasteiger partial charge in [0.05, 0.1) is 11.5 Å². The Hall–Kier alpha value is -3.90. The van der Waals surface area contributed by atoms with Crippen LogP contribution >= 0.6 is 11.3 Å². The van der Waals surface area contributed by atoms with Crippen molar-refractivity contribution in [2.75, 3.05) is 6.61 Å². The molecule has 0 spiro atoms. The molecular formula is C33H31NO4S. The van der Waals surface area contributed by atoms with E-state index in [2.05, 4.69) is 37.3 Å². The number of pyridine rings is 1. The van der Waals surface area contributed by atoms with Crippen LogP contribution in [0, 0.1) is 6.92 Å². The zero-order valence-corrected chi connectivity index (χ0v) is 23.0. The molecule has 1 fully saturated rings. The van der Waals surface area contributed by atoms with Crippen LogP contribution in [0.15, 0.2) is 71.5 Å². The van der Waals surface area contributed by atoms with Gasteiger partial charge in [-0.05, 0) is 95.3 Å². The Morgan fingerprint density at radius 3 is 2.59 bits per heavy atom. The number of carbonyl (C=O) groups is 1. The van der Waals surface area contributed by atoms with Crippen LogP contribution < -0.4 is 10.3 Å². The molecule has 2 heterocycles. The van der Waals surface area contributed by atoms with Gasteiger partial charge in [0, 0.05) is 6.07 Å². The first-order chi connectivity index (χ1) is 19.0. The maximum atomic E-state index is 13.6. The number of nitrogens with zero attached hydrogens (tertiary/aromatic N) is 1. The summed E-state index contributed by atoms with van der Waals surface area (Å²) in [6, 6.07) is 22.0. The van der Waals surface area contributed by atoms with Gasteiger partial charge in [-0.2, -0.15) is 0 Å². The van der Waals surface area contributed by atoms with Gasteiger partial charge in [-0.15, -0.1) is 11.3 Å². The lowest BCUT2D eigenvalue weighted by Gasteiger charge is -2.13. The van der Waals surface area contributed by atoms with E-state index in [1.54, 1.807) is 6.07 Å². The Morgan fingerprint density at radius 1 is 1.05 bits per heavy atom. The molecular weight excluding hydrogens is 506 g/mol. The summed E-state index contributed by atoms with van der Waals surface area (Å²) in [5, 5.41) is 12.6. The third kappa shape index (κ3) is 4.74. The number of aromatic nitrogens is 1. The molecule has 0 atom stereocenters. The van der Waals surface area contributed by atoms with Crippen molar-refractivity contribution >= 4 is 32.9 Å². The van der Waals surface area contributed by atoms with Gasteiger partial charge in [0.15, 0.2) is 5.69 Å². The molecule has 2 aromatic heterocycles.